The number of likely N-dealkylation sites (N-methyl/N-ethyl adjacent to an activating group) is 1. The van der Waals surface area contributed by atoms with Gasteiger partial charge in [-0.3, -0.25) is 4.79 Å². The number of hydrogen-bond acceptors (Lipinski definition) is 3. The number of likely N-dealkylation sites (tertiary alicyclic amines) is 1. The molecule has 6 heteroatoms. The van der Waals surface area contributed by atoms with Gasteiger partial charge in [-0.2, -0.15) is 0 Å². The Morgan fingerprint density at radius 2 is 1.42 bits per heavy atom. The largest absolute Gasteiger partial charge is 0.342 e. The molecule has 2 fully saturated rings. The topological polar surface area (TPSA) is 55.9 Å². The lowest BCUT2D eigenvalue weighted by Gasteiger charge is -2.39. The summed E-state index contributed by atoms with van der Waals surface area (Å²) in [5, 5.41) is 3.16. The number of benzene rings is 3. The van der Waals surface area contributed by atoms with Crippen LogP contribution in [0.3, 0.4) is 0 Å². The van der Waals surface area contributed by atoms with E-state index in [1.165, 1.54) is 5.56 Å². The fraction of sp³-hybridized carbons (Fsp3) is 0.459. The van der Waals surface area contributed by atoms with Crippen LogP contribution < -0.4 is 5.32 Å². The second kappa shape index (κ2) is 15.2. The molecule has 43 heavy (non-hydrogen) atoms. The third kappa shape index (κ3) is 8.26. The van der Waals surface area contributed by atoms with Gasteiger partial charge in [-0.15, -0.1) is 0 Å². The van der Waals surface area contributed by atoms with E-state index in [4.69, 9.17) is 0 Å². The van der Waals surface area contributed by atoms with E-state index >= 15 is 0 Å². The molecule has 1 aliphatic heterocycles. The van der Waals surface area contributed by atoms with E-state index < -0.39 is 0 Å². The van der Waals surface area contributed by atoms with Gasteiger partial charge in [-0.25, -0.2) is 4.79 Å². The van der Waals surface area contributed by atoms with E-state index in [9.17, 15) is 9.59 Å². The summed E-state index contributed by atoms with van der Waals surface area (Å²) in [5.41, 5.74) is 3.58. The van der Waals surface area contributed by atoms with E-state index in [1.807, 2.05) is 60.5 Å². The summed E-state index contributed by atoms with van der Waals surface area (Å²) < 4.78 is 0. The highest BCUT2D eigenvalue weighted by atomic mass is 16.2. The standard InChI is InChI=1S/C37H48N4O2/c1-3-21-41(37(43)38-27-30-15-9-5-10-16-30)33-19-22-40(23-20-33)28-32-25-34(26-35(32)31-17-11-6-12-18-31)39(2)36(42)24-29-13-7-4-8-14-29/h4-18,32-35H,3,19-28H2,1-2H3,(H,38,43)/t32-,34?,35-/m1/s1. The predicted molar refractivity (Wildman–Crippen MR) is 174 cm³/mol. The molecule has 228 valence electrons. The normalized spacial score (nSPS) is 20.9. The zero-order chi connectivity index (χ0) is 30.0. The molecule has 0 radical (unpaired) electrons. The number of nitrogens with zero attached hydrogens (tertiary/aromatic N) is 3. The Morgan fingerprint density at radius 3 is 2.05 bits per heavy atom. The fourth-order valence-corrected chi connectivity index (χ4v) is 7.13. The van der Waals surface area contributed by atoms with E-state index in [2.05, 4.69) is 64.5 Å². The van der Waals surface area contributed by atoms with Gasteiger partial charge in [-0.1, -0.05) is 97.9 Å². The van der Waals surface area contributed by atoms with Crippen LogP contribution in [0.4, 0.5) is 4.79 Å². The molecule has 3 atom stereocenters. The lowest BCUT2D eigenvalue weighted by molar-refractivity contribution is -0.131. The van der Waals surface area contributed by atoms with Gasteiger partial charge in [0.2, 0.25) is 5.91 Å². The highest BCUT2D eigenvalue weighted by molar-refractivity contribution is 5.79. The van der Waals surface area contributed by atoms with Crippen molar-refractivity contribution in [2.45, 2.75) is 70.0 Å². The first-order valence-electron chi connectivity index (χ1n) is 16.2. The monoisotopic (exact) mass is 580 g/mol. The molecule has 3 aromatic rings. The summed E-state index contributed by atoms with van der Waals surface area (Å²) in [4.78, 5) is 33.2. The SMILES string of the molecule is CCCN(C(=O)NCc1ccccc1)C1CCN(C[C@H]2CC(N(C)C(=O)Cc3ccccc3)C[C@@H]2c2ccccc2)CC1. The van der Waals surface area contributed by atoms with Crippen molar-refractivity contribution in [1.82, 2.24) is 20.0 Å². The number of nitrogens with one attached hydrogen (secondary N) is 1. The molecule has 1 heterocycles. The van der Waals surface area contributed by atoms with Gasteiger partial charge in [0.1, 0.15) is 0 Å². The molecule has 0 aromatic heterocycles. The van der Waals surface area contributed by atoms with Crippen LogP contribution in [-0.2, 0) is 17.8 Å². The predicted octanol–water partition coefficient (Wildman–Crippen LogP) is 6.34. The van der Waals surface area contributed by atoms with E-state index in [1.54, 1.807) is 0 Å². The summed E-state index contributed by atoms with van der Waals surface area (Å²) in [6.07, 6.45) is 5.45. The summed E-state index contributed by atoms with van der Waals surface area (Å²) in [6, 6.07) is 31.6. The number of amides is 3. The highest BCUT2D eigenvalue weighted by Gasteiger charge is 2.39. The van der Waals surface area contributed by atoms with E-state index in [0.717, 1.165) is 69.4 Å². The van der Waals surface area contributed by atoms with Gasteiger partial charge in [0, 0.05) is 51.9 Å². The number of hydrogen-bond donors (Lipinski definition) is 1. The third-order valence-corrected chi connectivity index (χ3v) is 9.54. The molecule has 3 amide bonds. The third-order valence-electron chi connectivity index (χ3n) is 9.54. The van der Waals surface area contributed by atoms with Crippen LogP contribution in [0.25, 0.3) is 0 Å². The van der Waals surface area contributed by atoms with Crippen molar-refractivity contribution in [3.8, 4) is 0 Å². The summed E-state index contributed by atoms with van der Waals surface area (Å²) >= 11 is 0. The Balaban J connectivity index is 1.18. The van der Waals surface area contributed by atoms with Gasteiger partial charge in [0.15, 0.2) is 0 Å². The van der Waals surface area contributed by atoms with Crippen molar-refractivity contribution in [2.75, 3.05) is 33.2 Å². The van der Waals surface area contributed by atoms with E-state index in [0.29, 0.717) is 24.8 Å². The summed E-state index contributed by atoms with van der Waals surface area (Å²) in [6.45, 7) is 6.54. The van der Waals surface area contributed by atoms with Crippen LogP contribution in [0, 0.1) is 5.92 Å². The molecule has 1 unspecified atom stereocenters. The van der Waals surface area contributed by atoms with Crippen LogP contribution in [0.5, 0.6) is 0 Å². The van der Waals surface area contributed by atoms with Crippen molar-refractivity contribution in [3.05, 3.63) is 108 Å². The molecule has 0 bridgehead atoms. The number of rotatable bonds is 11. The molecule has 3 aromatic carbocycles. The average molecular weight is 581 g/mol. The van der Waals surface area contributed by atoms with Crippen molar-refractivity contribution in [2.24, 2.45) is 5.92 Å². The molecular weight excluding hydrogens is 532 g/mol. The maximum atomic E-state index is 13.3. The number of piperidine rings is 1. The quantitative estimate of drug-likeness (QED) is 0.288. The maximum Gasteiger partial charge on any atom is 0.317 e. The molecule has 6 nitrogen and oxygen atoms in total. The molecule has 2 aliphatic rings. The smallest absolute Gasteiger partial charge is 0.317 e. The Hall–Kier alpha value is -3.64. The Morgan fingerprint density at radius 1 is 0.814 bits per heavy atom. The zero-order valence-electron chi connectivity index (χ0n) is 25.9. The van der Waals surface area contributed by atoms with Crippen molar-refractivity contribution in [1.29, 1.82) is 0 Å². The Kier molecular flexibility index (Phi) is 10.9. The van der Waals surface area contributed by atoms with Gasteiger partial charge in [0.05, 0.1) is 6.42 Å². The highest BCUT2D eigenvalue weighted by Crippen LogP contribution is 2.42. The minimum atomic E-state index is 0.0511. The van der Waals surface area contributed by atoms with Gasteiger partial charge < -0.3 is 20.0 Å². The van der Waals surface area contributed by atoms with Crippen LogP contribution in [0.2, 0.25) is 0 Å². The summed E-state index contributed by atoms with van der Waals surface area (Å²) in [5.74, 6) is 1.14. The first-order valence-corrected chi connectivity index (χ1v) is 16.2. The molecule has 1 N–H and O–H groups in total. The maximum absolute atomic E-state index is 13.3. The van der Waals surface area contributed by atoms with Crippen molar-refractivity contribution in [3.63, 3.8) is 0 Å². The molecule has 5 rings (SSSR count). The average Bonchev–Trinajstić information content (AvgIpc) is 3.47. The molecule has 1 saturated carbocycles. The minimum absolute atomic E-state index is 0.0511. The number of urea groups is 1. The lowest BCUT2D eigenvalue weighted by atomic mass is 9.88. The van der Waals surface area contributed by atoms with Gasteiger partial charge >= 0.3 is 6.03 Å². The Labute approximate surface area is 258 Å². The Bertz CT molecular complexity index is 1280. The van der Waals surface area contributed by atoms with Crippen LogP contribution in [0.15, 0.2) is 91.0 Å². The first kappa shape index (κ1) is 30.8. The van der Waals surface area contributed by atoms with Gasteiger partial charge in [0.25, 0.3) is 0 Å². The van der Waals surface area contributed by atoms with Crippen LogP contribution >= 0.6 is 0 Å². The van der Waals surface area contributed by atoms with Crippen molar-refractivity contribution < 1.29 is 9.59 Å². The number of carbonyl (C=O) groups is 2. The second-order valence-electron chi connectivity index (χ2n) is 12.4. The van der Waals surface area contributed by atoms with Crippen LogP contribution in [-0.4, -0.2) is 71.9 Å². The molecule has 1 saturated heterocycles. The lowest BCUT2D eigenvalue weighted by Crippen LogP contribution is -2.51. The first-order chi connectivity index (χ1) is 21.0. The van der Waals surface area contributed by atoms with Crippen molar-refractivity contribution >= 4 is 11.9 Å². The second-order valence-corrected chi connectivity index (χ2v) is 12.4. The molecular formula is C37H48N4O2. The van der Waals surface area contributed by atoms with Crippen LogP contribution in [0.1, 0.15) is 61.6 Å². The number of carbonyl (C=O) groups excluding carboxylic acids is 2. The van der Waals surface area contributed by atoms with Gasteiger partial charge in [-0.05, 0) is 60.6 Å². The fourth-order valence-electron chi connectivity index (χ4n) is 7.13. The van der Waals surface area contributed by atoms with E-state index in [-0.39, 0.29) is 24.0 Å². The molecule has 0 spiro atoms. The minimum Gasteiger partial charge on any atom is -0.342 e. The zero-order valence-corrected chi connectivity index (χ0v) is 25.9. The summed E-state index contributed by atoms with van der Waals surface area (Å²) in [7, 11) is 2.00. The molecule has 1 aliphatic carbocycles.